The Bertz CT molecular complexity index is 592. The maximum Gasteiger partial charge on any atom is 0.451 e. The topological polar surface area (TPSA) is 188 Å². The standard InChI is InChI=1S/C12H25BN4O7S/c14-9-5-24-6-10(9)16-25(22,23)17-4-8(2-1-3-13(20)21)12(15,7-17)11(18)19/h8-10,16,20-21H,1-7,14-15H2,(H,18,19)/t8-,9-,10+,12-/m0/s1. The van der Waals surface area contributed by atoms with Gasteiger partial charge in [0.05, 0.1) is 19.3 Å². The Labute approximate surface area is 146 Å². The summed E-state index contributed by atoms with van der Waals surface area (Å²) in [7, 11) is -5.47. The summed E-state index contributed by atoms with van der Waals surface area (Å²) in [6, 6.07) is -1.05. The molecule has 0 spiro atoms. The van der Waals surface area contributed by atoms with E-state index in [1.165, 1.54) is 0 Å². The van der Waals surface area contributed by atoms with E-state index in [4.69, 9.17) is 26.3 Å². The molecule has 11 nitrogen and oxygen atoms in total. The molecule has 0 bridgehead atoms. The van der Waals surface area contributed by atoms with Crippen LogP contribution in [-0.2, 0) is 19.7 Å². The van der Waals surface area contributed by atoms with Crippen LogP contribution in [-0.4, -0.2) is 84.9 Å². The third-order valence-electron chi connectivity index (χ3n) is 4.77. The fourth-order valence-electron chi connectivity index (χ4n) is 3.17. The Kier molecular flexibility index (Phi) is 6.43. The fourth-order valence-corrected chi connectivity index (χ4v) is 4.71. The van der Waals surface area contributed by atoms with Gasteiger partial charge < -0.3 is 31.4 Å². The van der Waals surface area contributed by atoms with Crippen molar-refractivity contribution in [3.8, 4) is 0 Å². The van der Waals surface area contributed by atoms with E-state index in [0.29, 0.717) is 6.42 Å². The van der Waals surface area contributed by atoms with Crippen LogP contribution in [0.1, 0.15) is 12.8 Å². The molecular formula is C12H25BN4O7S. The van der Waals surface area contributed by atoms with Crippen molar-refractivity contribution < 1.29 is 33.1 Å². The summed E-state index contributed by atoms with van der Waals surface area (Å²) in [5, 5.41) is 27.3. The van der Waals surface area contributed by atoms with E-state index >= 15 is 0 Å². The van der Waals surface area contributed by atoms with Gasteiger partial charge >= 0.3 is 13.1 Å². The van der Waals surface area contributed by atoms with Crippen LogP contribution in [0, 0.1) is 5.92 Å². The van der Waals surface area contributed by atoms with Gasteiger partial charge in [-0.3, -0.25) is 4.79 Å². The van der Waals surface area contributed by atoms with Crippen molar-refractivity contribution in [2.75, 3.05) is 26.3 Å². The molecule has 144 valence electrons. The molecule has 4 atom stereocenters. The first kappa shape index (κ1) is 20.5. The van der Waals surface area contributed by atoms with Crippen LogP contribution in [0.15, 0.2) is 0 Å². The third-order valence-corrected chi connectivity index (χ3v) is 6.33. The van der Waals surface area contributed by atoms with E-state index in [-0.39, 0.29) is 39.0 Å². The lowest BCUT2D eigenvalue weighted by molar-refractivity contribution is -0.144. The van der Waals surface area contributed by atoms with Crippen molar-refractivity contribution >= 4 is 23.3 Å². The molecule has 0 aromatic heterocycles. The zero-order valence-electron chi connectivity index (χ0n) is 13.7. The minimum Gasteiger partial charge on any atom is -0.480 e. The van der Waals surface area contributed by atoms with Gasteiger partial charge in [0.2, 0.25) is 0 Å². The number of nitrogens with two attached hydrogens (primary N) is 2. The molecule has 2 fully saturated rings. The minimum atomic E-state index is -3.97. The van der Waals surface area contributed by atoms with Gasteiger partial charge in [-0.15, -0.1) is 0 Å². The monoisotopic (exact) mass is 380 g/mol. The summed E-state index contributed by atoms with van der Waals surface area (Å²) in [6.07, 6.45) is 0.640. The quantitative estimate of drug-likeness (QED) is 0.232. The molecule has 2 saturated heterocycles. The first-order valence-corrected chi connectivity index (χ1v) is 9.49. The maximum atomic E-state index is 12.5. The van der Waals surface area contributed by atoms with Crippen molar-refractivity contribution in [3.63, 3.8) is 0 Å². The summed E-state index contributed by atoms with van der Waals surface area (Å²) in [4.78, 5) is 11.6. The van der Waals surface area contributed by atoms with Crippen molar-refractivity contribution in [1.29, 1.82) is 0 Å². The van der Waals surface area contributed by atoms with Crippen molar-refractivity contribution in [1.82, 2.24) is 9.03 Å². The van der Waals surface area contributed by atoms with Crippen LogP contribution in [0.2, 0.25) is 6.32 Å². The number of hydrogen-bond donors (Lipinski definition) is 6. The summed E-state index contributed by atoms with van der Waals surface area (Å²) in [5.74, 6) is -1.94. The maximum absolute atomic E-state index is 12.5. The van der Waals surface area contributed by atoms with Crippen molar-refractivity contribution in [3.05, 3.63) is 0 Å². The molecule has 2 aliphatic heterocycles. The number of carboxylic acid groups (broad SMARTS) is 1. The van der Waals surface area contributed by atoms with Gasteiger partial charge in [0, 0.05) is 25.0 Å². The Morgan fingerprint density at radius 3 is 2.60 bits per heavy atom. The zero-order chi connectivity index (χ0) is 18.8. The number of ether oxygens (including phenoxy) is 1. The summed E-state index contributed by atoms with van der Waals surface area (Å²) >= 11 is 0. The van der Waals surface area contributed by atoms with E-state index in [2.05, 4.69) is 4.72 Å². The second-order valence-corrected chi connectivity index (χ2v) is 8.38. The van der Waals surface area contributed by atoms with Gasteiger partial charge in [0.25, 0.3) is 10.2 Å². The average molecular weight is 380 g/mol. The molecule has 8 N–H and O–H groups in total. The minimum absolute atomic E-state index is 0.0610. The number of rotatable bonds is 8. The van der Waals surface area contributed by atoms with Crippen LogP contribution in [0.4, 0.5) is 0 Å². The van der Waals surface area contributed by atoms with E-state index in [1.807, 2.05) is 0 Å². The molecule has 0 saturated carbocycles. The lowest BCUT2D eigenvalue weighted by Crippen LogP contribution is -2.56. The number of hydrogen-bond acceptors (Lipinski definition) is 8. The van der Waals surface area contributed by atoms with E-state index in [9.17, 15) is 18.3 Å². The summed E-state index contributed by atoms with van der Waals surface area (Å²) < 4.78 is 33.7. The highest BCUT2D eigenvalue weighted by atomic mass is 32.2. The van der Waals surface area contributed by atoms with Crippen LogP contribution in [0.5, 0.6) is 0 Å². The molecule has 0 aromatic carbocycles. The molecule has 2 aliphatic rings. The normalized spacial score (nSPS) is 33.7. The van der Waals surface area contributed by atoms with E-state index in [0.717, 1.165) is 4.31 Å². The highest BCUT2D eigenvalue weighted by Gasteiger charge is 2.52. The Morgan fingerprint density at radius 2 is 2.08 bits per heavy atom. The molecule has 0 unspecified atom stereocenters. The predicted octanol–water partition coefficient (Wildman–Crippen LogP) is -3.49. The van der Waals surface area contributed by atoms with Gasteiger partial charge in [-0.2, -0.15) is 17.4 Å². The first-order chi connectivity index (χ1) is 11.6. The number of nitrogens with zero attached hydrogens (tertiary/aromatic N) is 1. The summed E-state index contributed by atoms with van der Waals surface area (Å²) in [6.45, 7) is -0.0384. The van der Waals surface area contributed by atoms with Crippen LogP contribution in [0.25, 0.3) is 0 Å². The van der Waals surface area contributed by atoms with Gasteiger partial charge in [-0.05, 0) is 12.7 Å². The van der Waals surface area contributed by atoms with E-state index in [1.54, 1.807) is 0 Å². The van der Waals surface area contributed by atoms with Gasteiger partial charge in [-0.1, -0.05) is 6.42 Å². The number of aliphatic carboxylic acids is 1. The Morgan fingerprint density at radius 1 is 1.40 bits per heavy atom. The molecule has 0 aromatic rings. The molecule has 0 aliphatic carbocycles. The molecule has 0 amide bonds. The number of nitrogens with one attached hydrogen (secondary N) is 1. The Hall–Kier alpha value is -0.795. The summed E-state index contributed by atoms with van der Waals surface area (Å²) in [5.41, 5.74) is 10.0. The number of carbonyl (C=O) groups is 1. The predicted molar refractivity (Wildman–Crippen MR) is 88.5 cm³/mol. The zero-order valence-corrected chi connectivity index (χ0v) is 14.6. The van der Waals surface area contributed by atoms with E-state index < -0.39 is 46.8 Å². The SMILES string of the molecule is N[C@H]1COC[C@H]1NS(=O)(=O)N1C[C@H](CCCB(O)O)[C@](N)(C(=O)O)C1. The molecule has 25 heavy (non-hydrogen) atoms. The van der Waals surface area contributed by atoms with Gasteiger partial charge in [0.15, 0.2) is 0 Å². The fraction of sp³-hybridized carbons (Fsp3) is 0.917. The Balaban J connectivity index is 2.07. The molecule has 13 heteroatoms. The molecule has 2 heterocycles. The smallest absolute Gasteiger partial charge is 0.451 e. The highest BCUT2D eigenvalue weighted by Crippen LogP contribution is 2.32. The molecule has 2 rings (SSSR count). The van der Waals surface area contributed by atoms with Crippen LogP contribution >= 0.6 is 0 Å². The van der Waals surface area contributed by atoms with Crippen molar-refractivity contribution in [2.24, 2.45) is 17.4 Å². The largest absolute Gasteiger partial charge is 0.480 e. The second kappa shape index (κ2) is 7.84. The molecule has 0 radical (unpaired) electrons. The third kappa shape index (κ3) is 4.68. The van der Waals surface area contributed by atoms with Crippen molar-refractivity contribution in [2.45, 2.75) is 36.8 Å². The second-order valence-electron chi connectivity index (χ2n) is 6.68. The lowest BCUT2D eigenvalue weighted by Gasteiger charge is -2.25. The first-order valence-electron chi connectivity index (χ1n) is 8.05. The molecular weight excluding hydrogens is 355 g/mol. The highest BCUT2D eigenvalue weighted by molar-refractivity contribution is 7.87. The van der Waals surface area contributed by atoms with Gasteiger partial charge in [-0.25, -0.2) is 0 Å². The lowest BCUT2D eigenvalue weighted by atomic mass is 9.78. The van der Waals surface area contributed by atoms with Crippen LogP contribution < -0.4 is 16.2 Å². The number of carboxylic acids is 1. The average Bonchev–Trinajstić information content (AvgIpc) is 3.04. The van der Waals surface area contributed by atoms with Crippen LogP contribution in [0.3, 0.4) is 0 Å². The van der Waals surface area contributed by atoms with Gasteiger partial charge in [0.1, 0.15) is 5.54 Å².